The van der Waals surface area contributed by atoms with Gasteiger partial charge in [-0.3, -0.25) is 0 Å². The van der Waals surface area contributed by atoms with Crippen molar-refractivity contribution in [2.75, 3.05) is 12.4 Å². The van der Waals surface area contributed by atoms with Gasteiger partial charge >= 0.3 is 5.97 Å². The minimum atomic E-state index is -1.15. The maximum atomic E-state index is 11.0. The van der Waals surface area contributed by atoms with Crippen molar-refractivity contribution in [2.24, 2.45) is 0 Å². The second-order valence-corrected chi connectivity index (χ2v) is 4.24. The Hall–Kier alpha value is -2.34. The normalized spacial score (nSPS) is 10.1. The summed E-state index contributed by atoms with van der Waals surface area (Å²) in [4.78, 5) is 18.8. The number of aromatic nitrogens is 2. The van der Waals surface area contributed by atoms with Gasteiger partial charge in [0.1, 0.15) is 5.75 Å². The highest BCUT2D eigenvalue weighted by Crippen LogP contribution is 2.27. The van der Waals surface area contributed by atoms with E-state index >= 15 is 0 Å². The Labute approximate surface area is 120 Å². The van der Waals surface area contributed by atoms with Gasteiger partial charge < -0.3 is 15.2 Å². The van der Waals surface area contributed by atoms with Crippen molar-refractivity contribution in [1.82, 2.24) is 9.97 Å². The standard InChI is InChI=1S/C13H12ClN3O3/c1-20-10-4-2-3-9(14)8(10)7-17-12-11(13(18)19)15-5-6-16-12/h2-6H,7H2,1H3,(H,16,17)(H,18,19). The molecule has 104 valence electrons. The van der Waals surface area contributed by atoms with E-state index in [1.807, 2.05) is 0 Å². The third-order valence-corrected chi connectivity index (χ3v) is 2.98. The third kappa shape index (κ3) is 2.97. The van der Waals surface area contributed by atoms with Crippen LogP contribution in [0, 0.1) is 0 Å². The van der Waals surface area contributed by atoms with Crippen LogP contribution < -0.4 is 10.1 Å². The molecular formula is C13H12ClN3O3. The maximum Gasteiger partial charge on any atom is 0.358 e. The van der Waals surface area contributed by atoms with E-state index in [0.717, 1.165) is 5.56 Å². The molecular weight excluding hydrogens is 282 g/mol. The number of hydrogen-bond acceptors (Lipinski definition) is 5. The molecule has 2 aromatic rings. The summed E-state index contributed by atoms with van der Waals surface area (Å²) in [5.74, 6) is -0.348. The summed E-state index contributed by atoms with van der Waals surface area (Å²) < 4.78 is 5.22. The molecule has 0 saturated carbocycles. The van der Waals surface area contributed by atoms with Crippen molar-refractivity contribution >= 4 is 23.4 Å². The Bertz CT molecular complexity index is 634. The summed E-state index contributed by atoms with van der Waals surface area (Å²) >= 11 is 6.10. The number of nitrogens with zero attached hydrogens (tertiary/aromatic N) is 2. The minimum Gasteiger partial charge on any atom is -0.496 e. The van der Waals surface area contributed by atoms with Crippen molar-refractivity contribution in [3.05, 3.63) is 46.9 Å². The zero-order valence-corrected chi connectivity index (χ0v) is 11.4. The summed E-state index contributed by atoms with van der Waals surface area (Å²) in [6.45, 7) is 0.280. The summed E-state index contributed by atoms with van der Waals surface area (Å²) in [6, 6.07) is 5.28. The predicted octanol–water partition coefficient (Wildman–Crippen LogP) is 2.45. The van der Waals surface area contributed by atoms with Crippen LogP contribution in [-0.2, 0) is 6.54 Å². The van der Waals surface area contributed by atoms with Crippen LogP contribution in [0.3, 0.4) is 0 Å². The summed E-state index contributed by atoms with van der Waals surface area (Å²) in [7, 11) is 1.54. The zero-order chi connectivity index (χ0) is 14.5. The van der Waals surface area contributed by atoms with Gasteiger partial charge in [0.05, 0.1) is 7.11 Å². The van der Waals surface area contributed by atoms with Gasteiger partial charge in [0.15, 0.2) is 11.5 Å². The molecule has 0 bridgehead atoms. The molecule has 0 aliphatic heterocycles. The lowest BCUT2D eigenvalue weighted by Crippen LogP contribution is -2.10. The van der Waals surface area contributed by atoms with Crippen LogP contribution in [0.15, 0.2) is 30.6 Å². The van der Waals surface area contributed by atoms with Crippen molar-refractivity contribution in [3.8, 4) is 5.75 Å². The average Bonchev–Trinajstić information content (AvgIpc) is 2.46. The molecule has 1 aromatic carbocycles. The number of carboxylic acid groups (broad SMARTS) is 1. The van der Waals surface area contributed by atoms with Crippen LogP contribution in [0.2, 0.25) is 5.02 Å². The lowest BCUT2D eigenvalue weighted by Gasteiger charge is -2.12. The highest BCUT2D eigenvalue weighted by atomic mass is 35.5. The molecule has 2 N–H and O–H groups in total. The Balaban J connectivity index is 2.24. The van der Waals surface area contributed by atoms with E-state index < -0.39 is 5.97 Å². The molecule has 1 aromatic heterocycles. The first-order valence-corrected chi connectivity index (χ1v) is 6.11. The molecule has 0 amide bonds. The number of ether oxygens (including phenoxy) is 1. The molecule has 2 rings (SSSR count). The quantitative estimate of drug-likeness (QED) is 0.881. The average molecular weight is 294 g/mol. The van der Waals surface area contributed by atoms with E-state index in [1.54, 1.807) is 25.3 Å². The number of rotatable bonds is 5. The van der Waals surface area contributed by atoms with Gasteiger partial charge in [-0.15, -0.1) is 0 Å². The number of carboxylic acids is 1. The van der Waals surface area contributed by atoms with Gasteiger partial charge in [-0.05, 0) is 12.1 Å². The lowest BCUT2D eigenvalue weighted by molar-refractivity contribution is 0.0691. The van der Waals surface area contributed by atoms with E-state index in [0.29, 0.717) is 10.8 Å². The second kappa shape index (κ2) is 6.21. The molecule has 0 radical (unpaired) electrons. The second-order valence-electron chi connectivity index (χ2n) is 3.83. The third-order valence-electron chi connectivity index (χ3n) is 2.63. The summed E-state index contributed by atoms with van der Waals surface area (Å²) in [6.07, 6.45) is 2.74. The Morgan fingerprint density at radius 2 is 2.15 bits per heavy atom. The van der Waals surface area contributed by atoms with Gasteiger partial charge in [0, 0.05) is 29.5 Å². The van der Waals surface area contributed by atoms with Crippen LogP contribution in [0.1, 0.15) is 16.1 Å². The predicted molar refractivity (Wildman–Crippen MR) is 74.3 cm³/mol. The Morgan fingerprint density at radius 3 is 2.85 bits per heavy atom. The fourth-order valence-corrected chi connectivity index (χ4v) is 1.93. The number of nitrogens with one attached hydrogen (secondary N) is 1. The first-order chi connectivity index (χ1) is 9.63. The lowest BCUT2D eigenvalue weighted by atomic mass is 10.2. The Kier molecular flexibility index (Phi) is 4.37. The highest BCUT2D eigenvalue weighted by molar-refractivity contribution is 6.31. The van der Waals surface area contributed by atoms with Crippen LogP contribution in [0.4, 0.5) is 5.82 Å². The van der Waals surface area contributed by atoms with E-state index in [1.165, 1.54) is 12.4 Å². The van der Waals surface area contributed by atoms with Gasteiger partial charge in [0.25, 0.3) is 0 Å². The highest BCUT2D eigenvalue weighted by Gasteiger charge is 2.14. The Morgan fingerprint density at radius 1 is 1.40 bits per heavy atom. The van der Waals surface area contributed by atoms with E-state index in [4.69, 9.17) is 21.4 Å². The molecule has 7 heteroatoms. The number of benzene rings is 1. The molecule has 20 heavy (non-hydrogen) atoms. The first kappa shape index (κ1) is 14.1. The smallest absolute Gasteiger partial charge is 0.358 e. The molecule has 0 atom stereocenters. The SMILES string of the molecule is COc1cccc(Cl)c1CNc1nccnc1C(=O)O. The summed E-state index contributed by atoms with van der Waals surface area (Å²) in [5, 5.41) is 12.5. The van der Waals surface area contributed by atoms with Gasteiger partial charge in [0.2, 0.25) is 0 Å². The molecule has 0 unspecified atom stereocenters. The summed E-state index contributed by atoms with van der Waals surface area (Å²) in [5.41, 5.74) is 0.581. The van der Waals surface area contributed by atoms with E-state index in [2.05, 4.69) is 15.3 Å². The monoisotopic (exact) mass is 293 g/mol. The van der Waals surface area contributed by atoms with Gasteiger partial charge in [-0.25, -0.2) is 14.8 Å². The van der Waals surface area contributed by atoms with Crippen molar-refractivity contribution in [1.29, 1.82) is 0 Å². The van der Waals surface area contributed by atoms with Gasteiger partial charge in [-0.2, -0.15) is 0 Å². The van der Waals surface area contributed by atoms with Crippen LogP contribution in [0.25, 0.3) is 0 Å². The topological polar surface area (TPSA) is 84.3 Å². The molecule has 0 aliphatic rings. The fraction of sp³-hybridized carbons (Fsp3) is 0.154. The number of halogens is 1. The first-order valence-electron chi connectivity index (χ1n) is 5.73. The number of carbonyl (C=O) groups is 1. The van der Waals surface area contributed by atoms with Crippen molar-refractivity contribution in [2.45, 2.75) is 6.54 Å². The zero-order valence-electron chi connectivity index (χ0n) is 10.6. The molecule has 6 nitrogen and oxygen atoms in total. The molecule has 0 saturated heterocycles. The largest absolute Gasteiger partial charge is 0.496 e. The van der Waals surface area contributed by atoms with Crippen molar-refractivity contribution < 1.29 is 14.6 Å². The number of hydrogen-bond donors (Lipinski definition) is 2. The number of anilines is 1. The van der Waals surface area contributed by atoms with E-state index in [9.17, 15) is 4.79 Å². The number of aromatic carboxylic acids is 1. The fourth-order valence-electron chi connectivity index (χ4n) is 1.70. The molecule has 0 aliphatic carbocycles. The minimum absolute atomic E-state index is 0.140. The molecule has 0 fully saturated rings. The van der Waals surface area contributed by atoms with Crippen LogP contribution >= 0.6 is 11.6 Å². The van der Waals surface area contributed by atoms with Crippen LogP contribution in [0.5, 0.6) is 5.75 Å². The van der Waals surface area contributed by atoms with E-state index in [-0.39, 0.29) is 18.1 Å². The number of methoxy groups -OCH3 is 1. The molecule has 1 heterocycles. The molecule has 0 spiro atoms. The maximum absolute atomic E-state index is 11.0. The van der Waals surface area contributed by atoms with Crippen LogP contribution in [-0.4, -0.2) is 28.2 Å². The van der Waals surface area contributed by atoms with Gasteiger partial charge in [-0.1, -0.05) is 17.7 Å². The van der Waals surface area contributed by atoms with Crippen molar-refractivity contribution in [3.63, 3.8) is 0 Å².